The number of benzene rings is 3. The third-order valence-corrected chi connectivity index (χ3v) is 20.0. The van der Waals surface area contributed by atoms with Gasteiger partial charge in [0.1, 0.15) is 24.9 Å². The number of allylic oxidation sites excluding steroid dienone is 4. The van der Waals surface area contributed by atoms with E-state index in [2.05, 4.69) is 38.4 Å². The lowest BCUT2D eigenvalue weighted by Crippen LogP contribution is -2.71. The molecule has 27 heteroatoms. The number of alkyl halides is 2. The van der Waals surface area contributed by atoms with Crippen molar-refractivity contribution in [3.63, 3.8) is 0 Å². The lowest BCUT2D eigenvalue weighted by Gasteiger charge is -2.63. The van der Waals surface area contributed by atoms with Gasteiger partial charge >= 0.3 is 12.2 Å². The number of carbonyl (C=O) groups excluding carboxylic acids is 9. The Morgan fingerprint density at radius 2 is 1.45 bits per heavy atom. The average Bonchev–Trinajstić information content (AvgIpc) is 1.54. The minimum absolute atomic E-state index is 0.0219. The highest BCUT2D eigenvalue weighted by atomic mass is 19.1. The summed E-state index contributed by atoms with van der Waals surface area (Å²) in [6.07, 6.45) is -1.94. The number of nitrogens with zero attached hydrogens (tertiary/aromatic N) is 1. The number of hydrogen-bond acceptors (Lipinski definition) is 18. The molecular formula is C74H93F2N7O18. The Morgan fingerprint density at radius 1 is 0.772 bits per heavy atom. The number of rotatable bonds is 35. The van der Waals surface area contributed by atoms with Crippen LogP contribution in [-0.4, -0.2) is 179 Å². The number of Topliss-reactive ketones (excluding diaryl/α,β-unsaturated/α-hetero) is 1. The van der Waals surface area contributed by atoms with Gasteiger partial charge in [0, 0.05) is 65.9 Å². The molecule has 0 aromatic heterocycles. The molecule has 0 bridgehead atoms. The highest BCUT2D eigenvalue weighted by Crippen LogP contribution is 2.72. The maximum absolute atomic E-state index is 17.9. The third-order valence-electron chi connectivity index (χ3n) is 20.0. The van der Waals surface area contributed by atoms with Crippen molar-refractivity contribution in [3.05, 3.63) is 119 Å². The average molecular weight is 1410 g/mol. The molecule has 3 aromatic rings. The molecule has 4 fully saturated rings. The molecule has 9 rings (SSSR count). The standard InChI is InChI=1S/C74H93F2N7O18/c1-6-12-65-100-61-41-53-54-40-56(75)55-39-52(84)26-28-71(55,4)73(54,76)59(85)42-72(53,5)74(61,101-65)60(86)45-99-70(93)98-44-47-18-22-51(23-19-47)80-67(90)57(16-11-29-79-69(77)92)81-68(91)66(46(2)3)82-63(88)27-31-94-33-35-96-37-38-97-36-34-95-32-30-78-62(87)24-25-64(89)83-43-50-15-8-7-13-48(50)20-21-49-14-9-10-17-58(49)83/h7-10,13-15,17-19,22-23,26,28,39,46,53-54,56-57,59,61,65-66,85H,6,11-12,16,24-25,27,29-38,40-45H2,1-5H3,(H,78,87)(H,80,90)(H,81,91)(H,82,88)(H3,77,79,92)/t53-,54-,56-,57-,59-,61+,65?,66-,71-,72-,73-,74+/m0/s1. The lowest BCUT2D eigenvalue weighted by molar-refractivity contribution is -0.234. The summed E-state index contributed by atoms with van der Waals surface area (Å²) in [6.45, 7) is 9.99. The predicted octanol–water partition coefficient (Wildman–Crippen LogP) is 6.43. The first-order valence-corrected chi connectivity index (χ1v) is 34.6. The molecule has 3 aromatic carbocycles. The lowest BCUT2D eigenvalue weighted by atomic mass is 9.44. The largest absolute Gasteiger partial charge is 0.509 e. The van der Waals surface area contributed by atoms with Gasteiger partial charge in [0.05, 0.1) is 77.3 Å². The van der Waals surface area contributed by atoms with Crippen LogP contribution >= 0.6 is 0 Å². The van der Waals surface area contributed by atoms with E-state index in [1.807, 2.05) is 55.5 Å². The Labute approximate surface area is 586 Å². The number of fused-ring (bicyclic) bond motifs is 9. The fourth-order valence-corrected chi connectivity index (χ4v) is 14.9. The maximum Gasteiger partial charge on any atom is 0.509 e. The molecular weight excluding hydrogens is 1310 g/mol. The van der Waals surface area contributed by atoms with Gasteiger partial charge in [0.15, 0.2) is 29.9 Å². The number of nitrogens with one attached hydrogen (secondary N) is 5. The van der Waals surface area contributed by atoms with Crippen molar-refractivity contribution in [2.75, 3.05) is 82.8 Å². The number of ether oxygens (including phenoxy) is 8. The summed E-state index contributed by atoms with van der Waals surface area (Å²) in [5.41, 5.74) is 2.06. The van der Waals surface area contributed by atoms with E-state index in [1.54, 1.807) is 37.8 Å². The van der Waals surface area contributed by atoms with E-state index in [4.69, 9.17) is 43.6 Å². The normalized spacial score (nSPS) is 25.7. The minimum atomic E-state index is -2.40. The summed E-state index contributed by atoms with van der Waals surface area (Å²) >= 11 is 0. The number of primary amides is 1. The molecule has 4 aliphatic carbocycles. The molecule has 0 radical (unpaired) electrons. The van der Waals surface area contributed by atoms with Gasteiger partial charge in [-0.2, -0.15) is 0 Å². The fraction of sp³-hybridized carbons (Fsp3) is 0.554. The van der Waals surface area contributed by atoms with E-state index >= 15 is 8.78 Å². The number of carbonyl (C=O) groups is 9. The van der Waals surface area contributed by atoms with Crippen LogP contribution in [0.25, 0.3) is 0 Å². The van der Waals surface area contributed by atoms with E-state index in [9.17, 15) is 48.3 Å². The quantitative estimate of drug-likeness (QED) is 0.0189. The number of ketones is 2. The molecule has 8 N–H and O–H groups in total. The van der Waals surface area contributed by atoms with E-state index < -0.39 is 125 Å². The first kappa shape index (κ1) is 76.7. The molecule has 0 spiro atoms. The van der Waals surface area contributed by atoms with Crippen LogP contribution < -0.4 is 37.2 Å². The van der Waals surface area contributed by atoms with Gasteiger partial charge in [-0.1, -0.05) is 94.5 Å². The summed E-state index contributed by atoms with van der Waals surface area (Å²) in [5.74, 6) is 0.815. The van der Waals surface area contributed by atoms with Crippen LogP contribution in [0.15, 0.2) is 96.6 Å². The fourth-order valence-electron chi connectivity index (χ4n) is 14.9. The molecule has 1 saturated heterocycles. The van der Waals surface area contributed by atoms with Crippen LogP contribution in [0.4, 0.5) is 29.7 Å². The Bertz CT molecular complexity index is 3620. The Kier molecular flexibility index (Phi) is 26.5. The molecule has 12 atom stereocenters. The molecule has 1 unspecified atom stereocenters. The van der Waals surface area contributed by atoms with Crippen LogP contribution in [0.2, 0.25) is 0 Å². The van der Waals surface area contributed by atoms with Gasteiger partial charge in [-0.15, -0.1) is 0 Å². The SMILES string of the molecule is CCCC1O[C@@H]2C[C@H]3[C@@H]4C[C@H](F)C5=CC(=O)C=C[C@]5(C)[C@@]4(F)[C@@H](O)C[C@]3(C)[C@]2(C(=O)COC(=O)OCc2ccc(NC(=O)[C@H](CCCNC(N)=O)NC(=O)[C@@H](NC(=O)CCOCCOCCOCCOCCNC(=O)CCC(=O)N3Cc4ccccc4C#Cc4ccccc43)C(C)C)cc2)O1. The Hall–Kier alpha value is -8.49. The van der Waals surface area contributed by atoms with Gasteiger partial charge in [-0.3, -0.25) is 33.6 Å². The van der Waals surface area contributed by atoms with Gasteiger partial charge < -0.3 is 80.2 Å². The number of amides is 7. The highest BCUT2D eigenvalue weighted by Gasteiger charge is 2.80. The van der Waals surface area contributed by atoms with E-state index in [-0.39, 0.29) is 135 Å². The molecule has 2 aliphatic heterocycles. The van der Waals surface area contributed by atoms with Gasteiger partial charge in [-0.05, 0) is 116 Å². The molecule has 6 aliphatic rings. The zero-order chi connectivity index (χ0) is 72.5. The zero-order valence-corrected chi connectivity index (χ0v) is 57.8. The van der Waals surface area contributed by atoms with Crippen molar-refractivity contribution >= 4 is 64.7 Å². The van der Waals surface area contributed by atoms with Crippen molar-refractivity contribution in [1.29, 1.82) is 0 Å². The summed E-state index contributed by atoms with van der Waals surface area (Å²) in [4.78, 5) is 120. The van der Waals surface area contributed by atoms with Crippen molar-refractivity contribution in [2.24, 2.45) is 34.3 Å². The molecule has 101 heavy (non-hydrogen) atoms. The topological polar surface area (TPSA) is 337 Å². The van der Waals surface area contributed by atoms with Crippen LogP contribution in [0.5, 0.6) is 0 Å². The van der Waals surface area contributed by atoms with Crippen molar-refractivity contribution in [1.82, 2.24) is 21.3 Å². The van der Waals surface area contributed by atoms with Crippen LogP contribution in [0.3, 0.4) is 0 Å². The first-order chi connectivity index (χ1) is 48.4. The van der Waals surface area contributed by atoms with Crippen molar-refractivity contribution in [3.8, 4) is 11.8 Å². The third kappa shape index (κ3) is 18.1. The maximum atomic E-state index is 17.9. The van der Waals surface area contributed by atoms with Crippen LogP contribution in [-0.2, 0) is 84.6 Å². The van der Waals surface area contributed by atoms with E-state index in [1.165, 1.54) is 31.2 Å². The highest BCUT2D eigenvalue weighted by molar-refractivity contribution is 6.02. The first-order valence-electron chi connectivity index (χ1n) is 34.6. The Morgan fingerprint density at radius 3 is 2.15 bits per heavy atom. The van der Waals surface area contributed by atoms with Crippen LogP contribution in [0, 0.1) is 40.4 Å². The zero-order valence-electron chi connectivity index (χ0n) is 57.8. The number of urea groups is 1. The Balaban J connectivity index is 0.646. The second-order valence-electron chi connectivity index (χ2n) is 27.0. The van der Waals surface area contributed by atoms with Gasteiger partial charge in [0.2, 0.25) is 35.3 Å². The summed E-state index contributed by atoms with van der Waals surface area (Å²) in [7, 11) is 0. The van der Waals surface area contributed by atoms with Crippen molar-refractivity contribution < 1.29 is 94.9 Å². The molecule has 25 nitrogen and oxygen atoms in total. The molecule has 2 heterocycles. The number of halogens is 2. The number of para-hydroxylation sites is 1. The van der Waals surface area contributed by atoms with Gasteiger partial charge in [0.25, 0.3) is 0 Å². The number of anilines is 2. The second kappa shape index (κ2) is 34.9. The number of nitrogens with two attached hydrogens (primary N) is 1. The molecule has 546 valence electrons. The minimum Gasteiger partial charge on any atom is -0.429 e. The number of hydrogen-bond donors (Lipinski definition) is 7. The smallest absolute Gasteiger partial charge is 0.429 e. The van der Waals surface area contributed by atoms with E-state index in [0.717, 1.165) is 22.8 Å². The monoisotopic (exact) mass is 1410 g/mol. The predicted molar refractivity (Wildman–Crippen MR) is 363 cm³/mol. The van der Waals surface area contributed by atoms with Crippen molar-refractivity contribution in [2.45, 2.75) is 160 Å². The van der Waals surface area contributed by atoms with Crippen LogP contribution in [0.1, 0.15) is 121 Å². The number of aliphatic hydroxyl groups is 1. The summed E-state index contributed by atoms with van der Waals surface area (Å²) in [6, 6.07) is 18.4. The second-order valence-corrected chi connectivity index (χ2v) is 27.0. The van der Waals surface area contributed by atoms with E-state index in [0.29, 0.717) is 42.9 Å². The van der Waals surface area contributed by atoms with Gasteiger partial charge in [-0.25, -0.2) is 18.4 Å². The molecule has 3 saturated carbocycles. The number of aliphatic hydroxyl groups excluding tert-OH is 1. The summed E-state index contributed by atoms with van der Waals surface area (Å²) < 4.78 is 80.0. The summed E-state index contributed by atoms with van der Waals surface area (Å²) in [5, 5.41) is 25.4. The molecule has 7 amide bonds.